The number of rotatable bonds is 5. The second kappa shape index (κ2) is 6.96. The number of hydrogen-bond acceptors (Lipinski definition) is 2. The predicted molar refractivity (Wildman–Crippen MR) is 128 cm³/mol. The first-order valence-corrected chi connectivity index (χ1v) is 24.6. The van der Waals surface area contributed by atoms with Crippen molar-refractivity contribution >= 4 is 40.7 Å². The van der Waals surface area contributed by atoms with Crippen molar-refractivity contribution < 1.29 is 0 Å². The highest BCUT2D eigenvalue weighted by Gasteiger charge is 2.39. The van der Waals surface area contributed by atoms with Crippen LogP contribution in [0.5, 0.6) is 0 Å². The lowest BCUT2D eigenvalue weighted by Crippen LogP contribution is -2.61. The molecule has 2 aromatic rings. The van der Waals surface area contributed by atoms with Gasteiger partial charge in [-0.3, -0.25) is 9.97 Å². The van der Waals surface area contributed by atoms with Crippen molar-refractivity contribution in [1.82, 2.24) is 9.97 Å². The van der Waals surface area contributed by atoms with E-state index < -0.39 is 30.4 Å². The molecular formula is C20H36N2Si4. The minimum Gasteiger partial charge on any atom is -0.255 e. The van der Waals surface area contributed by atoms with Gasteiger partial charge < -0.3 is 0 Å². The van der Waals surface area contributed by atoms with Crippen LogP contribution >= 0.6 is 0 Å². The van der Waals surface area contributed by atoms with Gasteiger partial charge >= 0.3 is 0 Å². The molecular weight excluding hydrogens is 381 g/mol. The maximum Gasteiger partial charge on any atom is 0.0885 e. The largest absolute Gasteiger partial charge is 0.255 e. The van der Waals surface area contributed by atoms with Crippen molar-refractivity contribution in [3.8, 4) is 11.4 Å². The van der Waals surface area contributed by atoms with Crippen LogP contribution in [0.1, 0.15) is 0 Å². The van der Waals surface area contributed by atoms with Crippen molar-refractivity contribution in [2.24, 2.45) is 0 Å². The van der Waals surface area contributed by atoms with Gasteiger partial charge in [0.2, 0.25) is 0 Å². The summed E-state index contributed by atoms with van der Waals surface area (Å²) >= 11 is 0. The highest BCUT2D eigenvalue weighted by atomic mass is 29.3. The lowest BCUT2D eigenvalue weighted by molar-refractivity contribution is 1.26. The lowest BCUT2D eigenvalue weighted by atomic mass is 10.2. The third-order valence-corrected chi connectivity index (χ3v) is 42.2. The zero-order valence-electron chi connectivity index (χ0n) is 18.4. The molecule has 0 fully saturated rings. The van der Waals surface area contributed by atoms with Gasteiger partial charge in [0.25, 0.3) is 0 Å². The average Bonchev–Trinajstić information content (AvgIpc) is 2.53. The summed E-state index contributed by atoms with van der Waals surface area (Å²) in [7, 11) is -5.14. The summed E-state index contributed by atoms with van der Waals surface area (Å²) in [5.74, 6) is 0. The maximum absolute atomic E-state index is 4.78. The first kappa shape index (κ1) is 21.5. The minimum absolute atomic E-state index is 0.994. The van der Waals surface area contributed by atoms with E-state index in [0.29, 0.717) is 0 Å². The Hall–Kier alpha value is -0.832. The summed E-state index contributed by atoms with van der Waals surface area (Å²) in [5, 5.41) is 2.95. The Morgan fingerprint density at radius 3 is 1.00 bits per heavy atom. The van der Waals surface area contributed by atoms with E-state index in [1.807, 2.05) is 0 Å². The monoisotopic (exact) mass is 416 g/mol. The summed E-state index contributed by atoms with van der Waals surface area (Å²) in [4.78, 5) is 9.57. The van der Waals surface area contributed by atoms with Gasteiger partial charge in [0, 0.05) is 27.6 Å². The summed E-state index contributed by atoms with van der Waals surface area (Å²) in [6, 6.07) is 8.97. The zero-order valence-corrected chi connectivity index (χ0v) is 22.4. The molecule has 0 aromatic carbocycles. The molecule has 0 N–H and O–H groups in total. The van der Waals surface area contributed by atoms with Crippen LogP contribution in [0.15, 0.2) is 36.7 Å². The van der Waals surface area contributed by atoms with Crippen molar-refractivity contribution in [3.05, 3.63) is 36.7 Å². The fourth-order valence-electron chi connectivity index (χ4n) is 2.70. The molecule has 0 bridgehead atoms. The SMILES string of the molecule is C[Si](C)(C)[Si](C)(C)c1ccc(-c2ccc([Si](C)(C)[Si](C)(C)C)cn2)nc1. The first-order chi connectivity index (χ1) is 11.7. The smallest absolute Gasteiger partial charge is 0.0885 e. The third kappa shape index (κ3) is 4.03. The molecule has 0 aliphatic rings. The molecule has 0 unspecified atom stereocenters. The van der Waals surface area contributed by atoms with Gasteiger partial charge in [-0.2, -0.15) is 0 Å². The summed E-state index contributed by atoms with van der Waals surface area (Å²) in [6.07, 6.45) is 4.24. The second-order valence-electron chi connectivity index (χ2n) is 10.6. The molecule has 2 rings (SSSR count). The summed E-state index contributed by atoms with van der Waals surface area (Å²) < 4.78 is 0. The van der Waals surface area contributed by atoms with E-state index in [0.717, 1.165) is 11.4 Å². The van der Waals surface area contributed by atoms with Crippen LogP contribution in [0.25, 0.3) is 11.4 Å². The Bertz CT molecular complexity index is 685. The summed E-state index contributed by atoms with van der Waals surface area (Å²) in [6.45, 7) is 24.9. The highest BCUT2D eigenvalue weighted by Crippen LogP contribution is 2.21. The third-order valence-electron chi connectivity index (χ3n) is 6.98. The Morgan fingerprint density at radius 1 is 0.500 bits per heavy atom. The van der Waals surface area contributed by atoms with Gasteiger partial charge in [0.05, 0.1) is 26.6 Å². The van der Waals surface area contributed by atoms with Gasteiger partial charge in [-0.1, -0.05) is 77.6 Å². The molecule has 2 aromatic heterocycles. The van der Waals surface area contributed by atoms with Crippen LogP contribution in [0.3, 0.4) is 0 Å². The van der Waals surface area contributed by atoms with Crippen LogP contribution < -0.4 is 10.4 Å². The predicted octanol–water partition coefficient (Wildman–Crippen LogP) is 4.81. The molecule has 2 heterocycles. The van der Waals surface area contributed by atoms with E-state index in [4.69, 9.17) is 9.97 Å². The van der Waals surface area contributed by atoms with Crippen molar-refractivity contribution in [1.29, 1.82) is 0 Å². The van der Waals surface area contributed by atoms with Crippen LogP contribution in [-0.4, -0.2) is 40.3 Å². The molecule has 2 nitrogen and oxygen atoms in total. The molecule has 0 spiro atoms. The maximum atomic E-state index is 4.78. The van der Waals surface area contributed by atoms with Gasteiger partial charge in [-0.15, -0.1) is 0 Å². The molecule has 0 aliphatic heterocycles. The van der Waals surface area contributed by atoms with Crippen LogP contribution in [0.4, 0.5) is 0 Å². The van der Waals surface area contributed by atoms with Crippen molar-refractivity contribution in [2.75, 3.05) is 0 Å². The number of hydrogen-bond donors (Lipinski definition) is 0. The van der Waals surface area contributed by atoms with Crippen molar-refractivity contribution in [3.63, 3.8) is 0 Å². The molecule has 0 aliphatic carbocycles. The number of pyridine rings is 2. The molecule has 6 heteroatoms. The van der Waals surface area contributed by atoms with Crippen LogP contribution in [0.2, 0.25) is 65.5 Å². The van der Waals surface area contributed by atoms with E-state index in [2.05, 4.69) is 102 Å². The van der Waals surface area contributed by atoms with E-state index in [1.54, 1.807) is 0 Å². The number of nitrogens with zero attached hydrogens (tertiary/aromatic N) is 2. The molecule has 0 saturated heterocycles. The molecule has 26 heavy (non-hydrogen) atoms. The fourth-order valence-corrected chi connectivity index (χ4v) is 12.3. The molecule has 0 saturated carbocycles. The molecule has 0 amide bonds. The van der Waals surface area contributed by atoms with E-state index in [-0.39, 0.29) is 0 Å². The lowest BCUT2D eigenvalue weighted by Gasteiger charge is -2.35. The standard InChI is InChI=1S/C20H36N2Si4/c1-23(2,3)25(7,8)17-11-13-19(21-15-17)20-14-12-18(16-22-20)26(9,10)24(4,5)6/h11-16H,1-10H3. The molecule has 0 radical (unpaired) electrons. The fraction of sp³-hybridized carbons (Fsp3) is 0.500. The number of aromatic nitrogens is 2. The normalized spacial score (nSPS) is 13.8. The van der Waals surface area contributed by atoms with E-state index in [9.17, 15) is 0 Å². The Labute approximate surface area is 164 Å². The van der Waals surface area contributed by atoms with Gasteiger partial charge in [-0.25, -0.2) is 0 Å². The zero-order chi connectivity index (χ0) is 20.0. The first-order valence-electron chi connectivity index (χ1n) is 9.61. The second-order valence-corrected chi connectivity index (χ2v) is 43.8. The summed E-state index contributed by atoms with van der Waals surface area (Å²) in [5.41, 5.74) is 1.99. The van der Waals surface area contributed by atoms with Crippen LogP contribution in [0, 0.1) is 0 Å². The van der Waals surface area contributed by atoms with Crippen LogP contribution in [-0.2, 0) is 0 Å². The van der Waals surface area contributed by atoms with Gasteiger partial charge in [-0.05, 0) is 22.5 Å². The minimum atomic E-state index is -1.39. The molecule has 0 atom stereocenters. The quantitative estimate of drug-likeness (QED) is 0.654. The Kier molecular flexibility index (Phi) is 5.75. The topological polar surface area (TPSA) is 25.8 Å². The Morgan fingerprint density at radius 2 is 0.808 bits per heavy atom. The highest BCUT2D eigenvalue weighted by molar-refractivity contribution is 7.45. The van der Waals surface area contributed by atoms with Crippen molar-refractivity contribution in [2.45, 2.75) is 65.5 Å². The van der Waals surface area contributed by atoms with E-state index >= 15 is 0 Å². The Balaban J connectivity index is 2.31. The van der Waals surface area contributed by atoms with Gasteiger partial charge in [0.1, 0.15) is 0 Å². The average molecular weight is 417 g/mol. The van der Waals surface area contributed by atoms with Gasteiger partial charge in [0.15, 0.2) is 0 Å². The van der Waals surface area contributed by atoms with E-state index in [1.165, 1.54) is 10.4 Å². The molecule has 142 valence electrons.